The minimum Gasteiger partial charge on any atom is -0.457 e. The van der Waals surface area contributed by atoms with E-state index in [1.54, 1.807) is 24.7 Å². The van der Waals surface area contributed by atoms with E-state index in [0.717, 1.165) is 23.4 Å². The van der Waals surface area contributed by atoms with Gasteiger partial charge in [-0.1, -0.05) is 0 Å². The number of alkyl halides is 2. The van der Waals surface area contributed by atoms with Crippen molar-refractivity contribution in [3.05, 3.63) is 48.7 Å². The molecule has 150 valence electrons. The second-order valence-electron chi connectivity index (χ2n) is 5.39. The van der Waals surface area contributed by atoms with Crippen LogP contribution in [0.3, 0.4) is 0 Å². The average Bonchev–Trinajstić information content (AvgIpc) is 3.25. The van der Waals surface area contributed by atoms with Crippen LogP contribution in [0.2, 0.25) is 0 Å². The van der Waals surface area contributed by atoms with Gasteiger partial charge in [-0.3, -0.25) is 10.1 Å². The van der Waals surface area contributed by atoms with E-state index in [0.29, 0.717) is 0 Å². The van der Waals surface area contributed by atoms with Gasteiger partial charge in [0.05, 0.1) is 17.6 Å². The molecule has 0 fully saturated rings. The van der Waals surface area contributed by atoms with E-state index in [1.807, 2.05) is 0 Å². The molecule has 0 amide bonds. The number of nitrogens with one attached hydrogen (secondary N) is 1. The number of H-pyrrole nitrogens is 1. The molecule has 12 heteroatoms. The van der Waals surface area contributed by atoms with Gasteiger partial charge in [0.1, 0.15) is 12.3 Å². The molecule has 3 N–H and O–H groups in total. The fraction of sp³-hybridized carbons (Fsp3) is 0.118. The molecule has 0 unspecified atom stereocenters. The van der Waals surface area contributed by atoms with Crippen LogP contribution >= 0.6 is 0 Å². The number of aromatic amines is 1. The summed E-state index contributed by atoms with van der Waals surface area (Å²) in [4.78, 5) is 12.1. The Hall–Kier alpha value is -3.96. The highest BCUT2D eigenvalue weighted by atomic mass is 19.3. The molecule has 0 spiro atoms. The Bertz CT molecular complexity index is 993. The SMILES string of the molecule is NN=C(C=Nc1ccc(F)c(OC(F)F)c1)COc1ncc(-c2ccn[nH]2)cn1. The molecule has 3 aromatic rings. The molecule has 0 bridgehead atoms. The molecule has 0 aliphatic rings. The molecule has 2 aromatic heterocycles. The molecule has 0 aliphatic carbocycles. The van der Waals surface area contributed by atoms with Crippen LogP contribution in [0, 0.1) is 5.82 Å². The number of nitrogens with two attached hydrogens (primary N) is 1. The summed E-state index contributed by atoms with van der Waals surface area (Å²) in [5.74, 6) is 3.73. The van der Waals surface area contributed by atoms with Gasteiger partial charge in [0.15, 0.2) is 11.6 Å². The number of aliphatic imine (C=N–C) groups is 1. The summed E-state index contributed by atoms with van der Waals surface area (Å²) in [5, 5.41) is 10.1. The Morgan fingerprint density at radius 1 is 1.24 bits per heavy atom. The third-order valence-electron chi connectivity index (χ3n) is 3.45. The highest BCUT2D eigenvalue weighted by Gasteiger charge is 2.10. The highest BCUT2D eigenvalue weighted by molar-refractivity contribution is 6.31. The molecule has 0 saturated heterocycles. The minimum absolute atomic E-state index is 0.0808. The first-order chi connectivity index (χ1) is 14.0. The van der Waals surface area contributed by atoms with Crippen molar-refractivity contribution in [1.29, 1.82) is 0 Å². The molecule has 2 heterocycles. The zero-order valence-corrected chi connectivity index (χ0v) is 14.7. The van der Waals surface area contributed by atoms with E-state index in [4.69, 9.17) is 10.6 Å². The molecule has 0 saturated carbocycles. The molecular formula is C17H14F3N7O2. The summed E-state index contributed by atoms with van der Waals surface area (Å²) in [6, 6.07) is 5.09. The van der Waals surface area contributed by atoms with Gasteiger partial charge in [-0.05, 0) is 18.2 Å². The fourth-order valence-electron chi connectivity index (χ4n) is 2.10. The fourth-order valence-corrected chi connectivity index (χ4v) is 2.10. The third kappa shape index (κ3) is 5.51. The average molecular weight is 405 g/mol. The zero-order chi connectivity index (χ0) is 20.6. The predicted molar refractivity (Wildman–Crippen MR) is 97.9 cm³/mol. The summed E-state index contributed by atoms with van der Waals surface area (Å²) in [5.41, 5.74) is 1.83. The number of ether oxygens (including phenoxy) is 2. The highest BCUT2D eigenvalue weighted by Crippen LogP contribution is 2.25. The zero-order valence-electron chi connectivity index (χ0n) is 14.7. The monoisotopic (exact) mass is 405 g/mol. The van der Waals surface area contributed by atoms with E-state index >= 15 is 0 Å². The van der Waals surface area contributed by atoms with Crippen LogP contribution in [0.4, 0.5) is 18.9 Å². The van der Waals surface area contributed by atoms with Gasteiger partial charge in [-0.15, -0.1) is 0 Å². The summed E-state index contributed by atoms with van der Waals surface area (Å²) in [6.07, 6.45) is 5.93. The number of hydrazone groups is 1. The Balaban J connectivity index is 1.61. The lowest BCUT2D eigenvalue weighted by atomic mass is 10.2. The molecular weight excluding hydrogens is 391 g/mol. The summed E-state index contributed by atoms with van der Waals surface area (Å²) < 4.78 is 47.4. The summed E-state index contributed by atoms with van der Waals surface area (Å²) in [6.45, 7) is -3.26. The number of hydrogen-bond donors (Lipinski definition) is 2. The minimum atomic E-state index is -3.15. The Kier molecular flexibility index (Phi) is 6.35. The number of nitrogens with zero attached hydrogens (tertiary/aromatic N) is 5. The number of aromatic nitrogens is 4. The van der Waals surface area contributed by atoms with Crippen LogP contribution in [0.15, 0.2) is 52.9 Å². The Labute approximate surface area is 162 Å². The topological polar surface area (TPSA) is 124 Å². The second kappa shape index (κ2) is 9.30. The van der Waals surface area contributed by atoms with Crippen molar-refractivity contribution in [1.82, 2.24) is 20.2 Å². The van der Waals surface area contributed by atoms with Crippen LogP contribution in [-0.2, 0) is 0 Å². The van der Waals surface area contributed by atoms with Crippen LogP contribution < -0.4 is 15.3 Å². The number of rotatable bonds is 8. The van der Waals surface area contributed by atoms with Crippen molar-refractivity contribution in [2.75, 3.05) is 6.61 Å². The van der Waals surface area contributed by atoms with E-state index in [1.165, 1.54) is 12.3 Å². The molecule has 9 nitrogen and oxygen atoms in total. The maximum absolute atomic E-state index is 13.4. The molecule has 3 rings (SSSR count). The largest absolute Gasteiger partial charge is 0.457 e. The number of hydrogen-bond acceptors (Lipinski definition) is 8. The van der Waals surface area contributed by atoms with Crippen molar-refractivity contribution in [3.8, 4) is 23.0 Å². The van der Waals surface area contributed by atoms with E-state index < -0.39 is 18.2 Å². The lowest BCUT2D eigenvalue weighted by molar-refractivity contribution is -0.0521. The molecule has 1 aromatic carbocycles. The van der Waals surface area contributed by atoms with Crippen LogP contribution in [0.5, 0.6) is 11.8 Å². The van der Waals surface area contributed by atoms with Gasteiger partial charge in [0.25, 0.3) is 0 Å². The first-order valence-electron chi connectivity index (χ1n) is 8.05. The normalized spacial score (nSPS) is 11.9. The van der Waals surface area contributed by atoms with Gasteiger partial charge in [0.2, 0.25) is 0 Å². The lowest BCUT2D eigenvalue weighted by Gasteiger charge is -2.06. The first kappa shape index (κ1) is 19.8. The van der Waals surface area contributed by atoms with Gasteiger partial charge in [-0.25, -0.2) is 14.4 Å². The van der Waals surface area contributed by atoms with Crippen molar-refractivity contribution >= 4 is 17.6 Å². The Morgan fingerprint density at radius 3 is 2.69 bits per heavy atom. The quantitative estimate of drug-likeness (QED) is 0.337. The van der Waals surface area contributed by atoms with E-state index in [9.17, 15) is 13.2 Å². The van der Waals surface area contributed by atoms with Crippen LogP contribution in [-0.4, -0.2) is 45.3 Å². The number of halogens is 3. The van der Waals surface area contributed by atoms with Crippen molar-refractivity contribution in [3.63, 3.8) is 0 Å². The van der Waals surface area contributed by atoms with Gasteiger partial charge in [-0.2, -0.15) is 19.0 Å². The molecule has 0 radical (unpaired) electrons. The standard InChI is InChI=1S/C17H14F3N7O2/c18-13-2-1-11(5-15(13)29-16(19)20)22-8-12(26-21)9-28-17-23-6-10(7-24-17)14-3-4-25-27-14/h1-8,16H,9,21H2,(H,25,27). The smallest absolute Gasteiger partial charge is 0.387 e. The lowest BCUT2D eigenvalue weighted by Crippen LogP contribution is -2.16. The first-order valence-corrected chi connectivity index (χ1v) is 8.05. The van der Waals surface area contributed by atoms with Crippen molar-refractivity contribution in [2.24, 2.45) is 15.9 Å². The van der Waals surface area contributed by atoms with E-state index in [2.05, 4.69) is 35.0 Å². The number of benzene rings is 1. The van der Waals surface area contributed by atoms with Gasteiger partial charge >= 0.3 is 12.6 Å². The predicted octanol–water partition coefficient (Wildman–Crippen LogP) is 2.70. The van der Waals surface area contributed by atoms with Gasteiger partial charge in [0, 0.05) is 30.2 Å². The molecule has 0 atom stereocenters. The summed E-state index contributed by atoms with van der Waals surface area (Å²) in [7, 11) is 0. The molecule has 29 heavy (non-hydrogen) atoms. The Morgan fingerprint density at radius 2 is 2.03 bits per heavy atom. The van der Waals surface area contributed by atoms with Crippen LogP contribution in [0.25, 0.3) is 11.3 Å². The van der Waals surface area contributed by atoms with E-state index in [-0.39, 0.29) is 24.0 Å². The third-order valence-corrected chi connectivity index (χ3v) is 3.45. The van der Waals surface area contributed by atoms with Crippen molar-refractivity contribution < 1.29 is 22.6 Å². The van der Waals surface area contributed by atoms with Crippen molar-refractivity contribution in [2.45, 2.75) is 6.61 Å². The van der Waals surface area contributed by atoms with Crippen LogP contribution in [0.1, 0.15) is 0 Å². The maximum Gasteiger partial charge on any atom is 0.387 e. The van der Waals surface area contributed by atoms with Gasteiger partial charge < -0.3 is 15.3 Å². The second-order valence-corrected chi connectivity index (χ2v) is 5.39. The summed E-state index contributed by atoms with van der Waals surface area (Å²) >= 11 is 0. The molecule has 0 aliphatic heterocycles. The maximum atomic E-state index is 13.4.